The fourth-order valence-electron chi connectivity index (χ4n) is 2.73. The quantitative estimate of drug-likeness (QED) is 0.718. The Bertz CT molecular complexity index is 339. The summed E-state index contributed by atoms with van der Waals surface area (Å²) in [6, 6.07) is 0.136. The molecule has 0 saturated carbocycles. The highest BCUT2D eigenvalue weighted by atomic mass is 32.2. The Morgan fingerprint density at radius 3 is 2.82 bits per heavy atom. The molecule has 17 heavy (non-hydrogen) atoms. The van der Waals surface area contributed by atoms with Gasteiger partial charge in [-0.25, -0.2) is 12.7 Å². The third-order valence-electron chi connectivity index (χ3n) is 3.75. The van der Waals surface area contributed by atoms with Gasteiger partial charge in [-0.3, -0.25) is 0 Å². The van der Waals surface area contributed by atoms with Crippen molar-refractivity contribution in [2.24, 2.45) is 5.92 Å². The van der Waals surface area contributed by atoms with Crippen LogP contribution in [0.4, 0.5) is 0 Å². The van der Waals surface area contributed by atoms with Gasteiger partial charge in [-0.1, -0.05) is 0 Å². The summed E-state index contributed by atoms with van der Waals surface area (Å²) >= 11 is 0. The molecular formula is C11H22N2O3S. The number of rotatable bonds is 5. The van der Waals surface area contributed by atoms with Crippen LogP contribution in [0.5, 0.6) is 0 Å². The van der Waals surface area contributed by atoms with Crippen molar-refractivity contribution in [1.29, 1.82) is 0 Å². The van der Waals surface area contributed by atoms with Gasteiger partial charge in [0.2, 0.25) is 10.0 Å². The molecular weight excluding hydrogens is 240 g/mol. The second-order valence-corrected chi connectivity index (χ2v) is 7.11. The van der Waals surface area contributed by atoms with Gasteiger partial charge >= 0.3 is 0 Å². The first-order valence-corrected chi connectivity index (χ1v) is 8.05. The third kappa shape index (κ3) is 3.40. The van der Waals surface area contributed by atoms with Crippen molar-refractivity contribution >= 4 is 10.0 Å². The van der Waals surface area contributed by atoms with E-state index in [1.54, 1.807) is 4.31 Å². The molecule has 5 nitrogen and oxygen atoms in total. The molecule has 2 aliphatic rings. The Morgan fingerprint density at radius 1 is 1.35 bits per heavy atom. The minimum absolute atomic E-state index is 0.136. The summed E-state index contributed by atoms with van der Waals surface area (Å²) in [6.45, 7) is 2.31. The van der Waals surface area contributed by atoms with E-state index in [4.69, 9.17) is 5.11 Å². The Kier molecular flexibility index (Phi) is 4.41. The highest BCUT2D eigenvalue weighted by molar-refractivity contribution is 7.89. The van der Waals surface area contributed by atoms with Gasteiger partial charge in [-0.15, -0.1) is 0 Å². The molecule has 2 N–H and O–H groups in total. The van der Waals surface area contributed by atoms with Gasteiger partial charge in [0.05, 0.1) is 5.75 Å². The van der Waals surface area contributed by atoms with E-state index in [1.807, 2.05) is 0 Å². The predicted molar refractivity (Wildman–Crippen MR) is 66.2 cm³/mol. The molecule has 2 atom stereocenters. The molecule has 0 radical (unpaired) electrons. The average molecular weight is 262 g/mol. The lowest BCUT2D eigenvalue weighted by atomic mass is 10.1. The minimum Gasteiger partial charge on any atom is -0.396 e. The summed E-state index contributed by atoms with van der Waals surface area (Å²) in [6.07, 6.45) is 3.64. The number of sulfonamides is 1. The topological polar surface area (TPSA) is 69.6 Å². The maximum atomic E-state index is 12.2. The lowest BCUT2D eigenvalue weighted by Gasteiger charge is -2.19. The molecule has 0 spiro atoms. The molecule has 0 aromatic rings. The Hall–Kier alpha value is -0.170. The molecule has 6 heteroatoms. The van der Waals surface area contributed by atoms with Crippen molar-refractivity contribution in [1.82, 2.24) is 9.62 Å². The van der Waals surface area contributed by atoms with E-state index in [2.05, 4.69) is 5.32 Å². The van der Waals surface area contributed by atoms with Gasteiger partial charge in [-0.05, 0) is 38.1 Å². The van der Waals surface area contributed by atoms with Crippen LogP contribution in [0.2, 0.25) is 0 Å². The highest BCUT2D eigenvalue weighted by Gasteiger charge is 2.33. The smallest absolute Gasteiger partial charge is 0.215 e. The lowest BCUT2D eigenvalue weighted by Crippen LogP contribution is -2.38. The highest BCUT2D eigenvalue weighted by Crippen LogP contribution is 2.23. The molecule has 0 aromatic carbocycles. The van der Waals surface area contributed by atoms with Gasteiger partial charge in [0.15, 0.2) is 0 Å². The second kappa shape index (κ2) is 5.65. The van der Waals surface area contributed by atoms with Crippen LogP contribution in [0.25, 0.3) is 0 Å². The fraction of sp³-hybridized carbons (Fsp3) is 1.00. The summed E-state index contributed by atoms with van der Waals surface area (Å²) in [5, 5.41) is 12.1. The average Bonchev–Trinajstić information content (AvgIpc) is 2.88. The molecule has 0 amide bonds. The van der Waals surface area contributed by atoms with Crippen molar-refractivity contribution < 1.29 is 13.5 Å². The van der Waals surface area contributed by atoms with Crippen molar-refractivity contribution in [2.75, 3.05) is 32.0 Å². The number of aliphatic hydroxyl groups excluding tert-OH is 1. The SMILES string of the molecule is O=S(=O)(CC1CCCN1)N1CCC(CCO)C1. The van der Waals surface area contributed by atoms with E-state index in [-0.39, 0.29) is 18.4 Å². The molecule has 0 aliphatic carbocycles. The van der Waals surface area contributed by atoms with E-state index in [0.29, 0.717) is 25.4 Å². The number of hydrogen-bond acceptors (Lipinski definition) is 4. The van der Waals surface area contributed by atoms with E-state index in [1.165, 1.54) is 0 Å². The lowest BCUT2D eigenvalue weighted by molar-refractivity contribution is 0.259. The molecule has 100 valence electrons. The Labute approximate surface area is 103 Å². The predicted octanol–water partition coefficient (Wildman–Crippen LogP) is -0.227. The van der Waals surface area contributed by atoms with E-state index >= 15 is 0 Å². The van der Waals surface area contributed by atoms with Crippen LogP contribution in [0, 0.1) is 5.92 Å². The van der Waals surface area contributed by atoms with E-state index in [0.717, 1.165) is 25.8 Å². The Balaban J connectivity index is 1.87. The van der Waals surface area contributed by atoms with Crippen LogP contribution in [0.3, 0.4) is 0 Å². The van der Waals surface area contributed by atoms with Crippen molar-refractivity contribution in [3.05, 3.63) is 0 Å². The summed E-state index contributed by atoms with van der Waals surface area (Å²) in [4.78, 5) is 0. The normalized spacial score (nSPS) is 31.1. The minimum atomic E-state index is -3.11. The van der Waals surface area contributed by atoms with Gasteiger partial charge in [0.25, 0.3) is 0 Å². The largest absolute Gasteiger partial charge is 0.396 e. The van der Waals surface area contributed by atoms with Crippen LogP contribution in [-0.2, 0) is 10.0 Å². The zero-order chi connectivity index (χ0) is 12.3. The van der Waals surface area contributed by atoms with Crippen LogP contribution >= 0.6 is 0 Å². The third-order valence-corrected chi connectivity index (χ3v) is 5.70. The van der Waals surface area contributed by atoms with Gasteiger partial charge in [0, 0.05) is 25.7 Å². The number of aliphatic hydroxyl groups is 1. The molecule has 0 bridgehead atoms. The van der Waals surface area contributed by atoms with Crippen LogP contribution < -0.4 is 5.32 Å². The van der Waals surface area contributed by atoms with Gasteiger partial charge in [0.1, 0.15) is 0 Å². The number of nitrogens with one attached hydrogen (secondary N) is 1. The molecule has 2 saturated heterocycles. The van der Waals surface area contributed by atoms with Gasteiger partial charge in [-0.2, -0.15) is 0 Å². The summed E-state index contributed by atoms with van der Waals surface area (Å²) in [5.74, 6) is 0.574. The monoisotopic (exact) mass is 262 g/mol. The van der Waals surface area contributed by atoms with Crippen molar-refractivity contribution in [3.63, 3.8) is 0 Å². The molecule has 2 aliphatic heterocycles. The van der Waals surface area contributed by atoms with Crippen LogP contribution in [0.15, 0.2) is 0 Å². The summed E-state index contributed by atoms with van der Waals surface area (Å²) in [5.41, 5.74) is 0. The second-order valence-electron chi connectivity index (χ2n) is 5.10. The number of nitrogens with zero attached hydrogens (tertiary/aromatic N) is 1. The molecule has 2 fully saturated rings. The zero-order valence-corrected chi connectivity index (χ0v) is 11.0. The molecule has 0 aromatic heterocycles. The zero-order valence-electron chi connectivity index (χ0n) is 10.1. The van der Waals surface area contributed by atoms with E-state index < -0.39 is 10.0 Å². The van der Waals surface area contributed by atoms with Crippen molar-refractivity contribution in [3.8, 4) is 0 Å². The first-order chi connectivity index (χ1) is 8.12. The standard InChI is InChI=1S/C11H22N2O3S/c14-7-4-10-3-6-13(8-10)17(15,16)9-11-2-1-5-12-11/h10-12,14H,1-9H2. The Morgan fingerprint density at radius 2 is 2.18 bits per heavy atom. The molecule has 2 heterocycles. The van der Waals surface area contributed by atoms with Crippen molar-refractivity contribution in [2.45, 2.75) is 31.7 Å². The summed E-state index contributed by atoms with van der Waals surface area (Å²) in [7, 11) is -3.11. The van der Waals surface area contributed by atoms with Crippen LogP contribution in [-0.4, -0.2) is 55.9 Å². The maximum absolute atomic E-state index is 12.2. The first kappa shape index (κ1) is 13.3. The van der Waals surface area contributed by atoms with Gasteiger partial charge < -0.3 is 10.4 Å². The number of hydrogen-bond donors (Lipinski definition) is 2. The fourth-order valence-corrected chi connectivity index (χ4v) is 4.55. The maximum Gasteiger partial charge on any atom is 0.215 e. The van der Waals surface area contributed by atoms with E-state index in [9.17, 15) is 8.42 Å². The molecule has 2 unspecified atom stereocenters. The van der Waals surface area contributed by atoms with Crippen LogP contribution in [0.1, 0.15) is 25.7 Å². The first-order valence-electron chi connectivity index (χ1n) is 6.44. The molecule has 2 rings (SSSR count). The summed E-state index contributed by atoms with van der Waals surface area (Å²) < 4.78 is 25.9.